The summed E-state index contributed by atoms with van der Waals surface area (Å²) in [7, 11) is 1.51. The predicted octanol–water partition coefficient (Wildman–Crippen LogP) is 6.37. The number of carbonyl (C=O) groups excluding carboxylic acids is 2. The van der Waals surface area contributed by atoms with E-state index in [-0.39, 0.29) is 24.3 Å². The van der Waals surface area contributed by atoms with Crippen molar-refractivity contribution in [2.24, 2.45) is 0 Å². The van der Waals surface area contributed by atoms with Gasteiger partial charge in [0.25, 0.3) is 11.8 Å². The van der Waals surface area contributed by atoms with Gasteiger partial charge in [-0.2, -0.15) is 5.26 Å². The van der Waals surface area contributed by atoms with Gasteiger partial charge in [-0.15, -0.1) is 0 Å². The molecule has 0 saturated heterocycles. The maximum atomic E-state index is 13.4. The van der Waals surface area contributed by atoms with Crippen molar-refractivity contribution in [3.8, 4) is 17.6 Å². The Kier molecular flexibility index (Phi) is 7.98. The van der Waals surface area contributed by atoms with Crippen LogP contribution in [0.15, 0.2) is 83.4 Å². The highest BCUT2D eigenvalue weighted by Gasteiger charge is 2.35. The zero-order valence-corrected chi connectivity index (χ0v) is 21.6. The molecular formula is C29H22Cl2N2O4. The van der Waals surface area contributed by atoms with Gasteiger partial charge >= 0.3 is 0 Å². The number of nitrogens with zero attached hydrogens (tertiary/aromatic N) is 2. The minimum absolute atomic E-state index is 0.0615. The van der Waals surface area contributed by atoms with Crippen LogP contribution in [0.2, 0.25) is 10.0 Å². The molecule has 186 valence electrons. The number of nitriles is 1. The quantitative estimate of drug-likeness (QED) is 0.260. The van der Waals surface area contributed by atoms with Crippen molar-refractivity contribution in [2.45, 2.75) is 20.1 Å². The summed E-state index contributed by atoms with van der Waals surface area (Å²) < 4.78 is 11.4. The van der Waals surface area contributed by atoms with E-state index in [0.29, 0.717) is 32.7 Å². The Morgan fingerprint density at radius 1 is 0.973 bits per heavy atom. The summed E-state index contributed by atoms with van der Waals surface area (Å²) in [6.45, 7) is 1.87. The molecule has 1 aliphatic rings. The second-order valence-corrected chi connectivity index (χ2v) is 9.13. The standard InChI is InChI=1S/C29H22Cl2N2O4/c1-18-23(28(34)33(29(35)24(18)15-32)16-19-6-4-3-5-7-19)12-20-8-11-26(27(13-20)36-2)37-17-21-9-10-22(30)14-25(21)31/h3-14H,16-17H2,1-2H3/b23-12+. The van der Waals surface area contributed by atoms with E-state index in [1.165, 1.54) is 7.11 Å². The average Bonchev–Trinajstić information content (AvgIpc) is 2.90. The Morgan fingerprint density at radius 3 is 2.41 bits per heavy atom. The summed E-state index contributed by atoms with van der Waals surface area (Å²) in [6, 6.07) is 21.5. The van der Waals surface area contributed by atoms with E-state index in [0.717, 1.165) is 16.0 Å². The third-order valence-electron chi connectivity index (χ3n) is 5.91. The predicted molar refractivity (Wildman–Crippen MR) is 142 cm³/mol. The molecule has 3 aromatic carbocycles. The van der Waals surface area contributed by atoms with E-state index < -0.39 is 11.8 Å². The number of halogens is 2. The molecule has 0 N–H and O–H groups in total. The van der Waals surface area contributed by atoms with Gasteiger partial charge in [0.2, 0.25) is 0 Å². The zero-order chi connectivity index (χ0) is 26.5. The van der Waals surface area contributed by atoms with Crippen molar-refractivity contribution in [3.63, 3.8) is 0 Å². The number of ether oxygens (including phenoxy) is 2. The van der Waals surface area contributed by atoms with E-state index in [4.69, 9.17) is 32.7 Å². The van der Waals surface area contributed by atoms with Gasteiger partial charge in [-0.3, -0.25) is 14.5 Å². The maximum absolute atomic E-state index is 13.4. The van der Waals surface area contributed by atoms with Crippen LogP contribution in [0.25, 0.3) is 6.08 Å². The molecule has 0 spiro atoms. The molecule has 0 aromatic heterocycles. The first-order valence-electron chi connectivity index (χ1n) is 11.3. The lowest BCUT2D eigenvalue weighted by Crippen LogP contribution is -2.42. The number of imide groups is 1. The van der Waals surface area contributed by atoms with Crippen molar-refractivity contribution in [3.05, 3.63) is 110 Å². The van der Waals surface area contributed by atoms with Gasteiger partial charge in [-0.05, 0) is 54.0 Å². The van der Waals surface area contributed by atoms with E-state index in [1.807, 2.05) is 36.4 Å². The number of carbonyl (C=O) groups is 2. The van der Waals surface area contributed by atoms with Crippen LogP contribution in [0.5, 0.6) is 11.5 Å². The van der Waals surface area contributed by atoms with Gasteiger partial charge in [-0.1, -0.05) is 65.7 Å². The molecule has 0 bridgehead atoms. The van der Waals surface area contributed by atoms with Crippen molar-refractivity contribution in [2.75, 3.05) is 7.11 Å². The van der Waals surface area contributed by atoms with E-state index in [2.05, 4.69) is 0 Å². The molecule has 3 aromatic rings. The number of methoxy groups -OCH3 is 1. The van der Waals surface area contributed by atoms with Gasteiger partial charge in [0, 0.05) is 21.2 Å². The lowest BCUT2D eigenvalue weighted by Gasteiger charge is -2.27. The van der Waals surface area contributed by atoms with Crippen LogP contribution in [0.1, 0.15) is 23.6 Å². The lowest BCUT2D eigenvalue weighted by atomic mass is 9.93. The molecule has 6 nitrogen and oxygen atoms in total. The first kappa shape index (κ1) is 26.0. The molecule has 0 radical (unpaired) electrons. The molecule has 1 heterocycles. The summed E-state index contributed by atoms with van der Waals surface area (Å²) in [5, 5.41) is 10.7. The van der Waals surface area contributed by atoms with Crippen LogP contribution in [0, 0.1) is 11.3 Å². The molecule has 0 atom stereocenters. The Balaban J connectivity index is 1.63. The van der Waals surface area contributed by atoms with Crippen LogP contribution >= 0.6 is 23.2 Å². The van der Waals surface area contributed by atoms with Gasteiger partial charge < -0.3 is 9.47 Å². The van der Waals surface area contributed by atoms with E-state index >= 15 is 0 Å². The smallest absolute Gasteiger partial charge is 0.271 e. The summed E-state index contributed by atoms with van der Waals surface area (Å²) in [6.07, 6.45) is 1.64. The first-order chi connectivity index (χ1) is 17.8. The summed E-state index contributed by atoms with van der Waals surface area (Å²) in [5.41, 5.74) is 2.72. The number of rotatable bonds is 7. The minimum Gasteiger partial charge on any atom is -0.493 e. The van der Waals surface area contributed by atoms with Gasteiger partial charge in [0.05, 0.1) is 13.7 Å². The molecule has 8 heteroatoms. The van der Waals surface area contributed by atoms with Crippen LogP contribution < -0.4 is 9.47 Å². The van der Waals surface area contributed by atoms with Crippen LogP contribution in [-0.4, -0.2) is 23.8 Å². The Bertz CT molecular complexity index is 1470. The summed E-state index contributed by atoms with van der Waals surface area (Å²) in [5.74, 6) is -0.145. The number of hydrogen-bond acceptors (Lipinski definition) is 5. The first-order valence-corrected chi connectivity index (χ1v) is 12.1. The topological polar surface area (TPSA) is 79.6 Å². The number of hydrogen-bond donors (Lipinski definition) is 0. The number of amides is 2. The average molecular weight is 533 g/mol. The van der Waals surface area contributed by atoms with Crippen molar-refractivity contribution >= 4 is 41.1 Å². The Morgan fingerprint density at radius 2 is 1.73 bits per heavy atom. The molecule has 37 heavy (non-hydrogen) atoms. The molecule has 0 fully saturated rings. The monoisotopic (exact) mass is 532 g/mol. The second kappa shape index (κ2) is 11.3. The fraction of sp³-hybridized carbons (Fsp3) is 0.138. The zero-order valence-electron chi connectivity index (χ0n) is 20.1. The molecule has 4 rings (SSSR count). The molecule has 0 unspecified atom stereocenters. The molecule has 0 aliphatic carbocycles. The fourth-order valence-electron chi connectivity index (χ4n) is 3.89. The molecular weight excluding hydrogens is 511 g/mol. The highest BCUT2D eigenvalue weighted by atomic mass is 35.5. The fourth-order valence-corrected chi connectivity index (χ4v) is 4.36. The van der Waals surface area contributed by atoms with E-state index in [1.54, 1.807) is 49.4 Å². The van der Waals surface area contributed by atoms with Crippen LogP contribution in [-0.2, 0) is 22.7 Å². The van der Waals surface area contributed by atoms with Crippen molar-refractivity contribution < 1.29 is 19.1 Å². The summed E-state index contributed by atoms with van der Waals surface area (Å²) in [4.78, 5) is 27.4. The normalized spacial score (nSPS) is 14.7. The SMILES string of the molecule is COc1cc(/C=C2/C(=O)N(Cc3ccccc3)C(=O)C(C#N)=C2C)ccc1OCc1ccc(Cl)cc1Cl. The minimum atomic E-state index is -0.604. The highest BCUT2D eigenvalue weighted by molar-refractivity contribution is 6.35. The van der Waals surface area contributed by atoms with Gasteiger partial charge in [-0.25, -0.2) is 0 Å². The molecule has 0 saturated carbocycles. The van der Waals surface area contributed by atoms with E-state index in [9.17, 15) is 14.9 Å². The lowest BCUT2D eigenvalue weighted by molar-refractivity contribution is -0.141. The Labute approximate surface area is 224 Å². The third-order valence-corrected chi connectivity index (χ3v) is 6.49. The van der Waals surface area contributed by atoms with Gasteiger partial charge in [0.15, 0.2) is 11.5 Å². The van der Waals surface area contributed by atoms with Gasteiger partial charge in [0.1, 0.15) is 18.2 Å². The highest BCUT2D eigenvalue weighted by Crippen LogP contribution is 2.33. The van der Waals surface area contributed by atoms with Crippen LogP contribution in [0.4, 0.5) is 0 Å². The maximum Gasteiger partial charge on any atom is 0.271 e. The largest absolute Gasteiger partial charge is 0.493 e. The third kappa shape index (κ3) is 5.69. The van der Waals surface area contributed by atoms with Crippen LogP contribution in [0.3, 0.4) is 0 Å². The summed E-state index contributed by atoms with van der Waals surface area (Å²) >= 11 is 12.2. The van der Waals surface area contributed by atoms with Crippen molar-refractivity contribution in [1.29, 1.82) is 5.26 Å². The number of benzene rings is 3. The van der Waals surface area contributed by atoms with Crippen molar-refractivity contribution in [1.82, 2.24) is 4.90 Å². The molecule has 2 amide bonds. The Hall–Kier alpha value is -4.05. The second-order valence-electron chi connectivity index (χ2n) is 8.29. The molecule has 1 aliphatic heterocycles.